The van der Waals surface area contributed by atoms with Gasteiger partial charge in [0.1, 0.15) is 0 Å². The molecule has 0 spiro atoms. The number of carboxylic acids is 1. The molecule has 0 amide bonds. The molecule has 110 valence electrons. The highest BCUT2D eigenvalue weighted by Crippen LogP contribution is 2.43. The van der Waals surface area contributed by atoms with Crippen molar-refractivity contribution in [2.75, 3.05) is 33.2 Å². The number of hydrogen-bond donors (Lipinski definition) is 1. The monoisotopic (exact) mass is 268 g/mol. The van der Waals surface area contributed by atoms with Gasteiger partial charge in [-0.2, -0.15) is 0 Å². The molecule has 2 fully saturated rings. The van der Waals surface area contributed by atoms with Crippen molar-refractivity contribution in [2.45, 2.75) is 45.1 Å². The summed E-state index contributed by atoms with van der Waals surface area (Å²) < 4.78 is 0. The van der Waals surface area contributed by atoms with Gasteiger partial charge in [0.25, 0.3) is 0 Å². The van der Waals surface area contributed by atoms with Gasteiger partial charge in [-0.05, 0) is 38.1 Å². The Kier molecular flexibility index (Phi) is 4.51. The first-order valence-corrected chi connectivity index (χ1v) is 7.59. The van der Waals surface area contributed by atoms with Gasteiger partial charge in [0.15, 0.2) is 0 Å². The van der Waals surface area contributed by atoms with Crippen LogP contribution in [0, 0.1) is 11.8 Å². The van der Waals surface area contributed by atoms with Crippen LogP contribution in [-0.4, -0.2) is 59.6 Å². The van der Waals surface area contributed by atoms with E-state index in [1.807, 2.05) is 0 Å². The summed E-state index contributed by atoms with van der Waals surface area (Å²) in [4.78, 5) is 16.2. The first kappa shape index (κ1) is 14.8. The van der Waals surface area contributed by atoms with Gasteiger partial charge in [-0.25, -0.2) is 0 Å². The molecule has 3 unspecified atom stereocenters. The topological polar surface area (TPSA) is 43.8 Å². The number of rotatable bonds is 3. The molecule has 1 aliphatic heterocycles. The van der Waals surface area contributed by atoms with Gasteiger partial charge in [-0.15, -0.1) is 0 Å². The lowest BCUT2D eigenvalue weighted by Gasteiger charge is -2.53. The van der Waals surface area contributed by atoms with Gasteiger partial charge < -0.3 is 10.0 Å². The van der Waals surface area contributed by atoms with E-state index in [-0.39, 0.29) is 5.54 Å². The van der Waals surface area contributed by atoms with Crippen LogP contribution in [0.3, 0.4) is 0 Å². The molecule has 19 heavy (non-hydrogen) atoms. The van der Waals surface area contributed by atoms with Crippen molar-refractivity contribution in [1.82, 2.24) is 9.80 Å². The summed E-state index contributed by atoms with van der Waals surface area (Å²) >= 11 is 0. The SMILES string of the molecule is CC1CCC(CC(=O)O)(N2CCN(C)CC2)C(C)C1. The lowest BCUT2D eigenvalue weighted by atomic mass is 9.67. The van der Waals surface area contributed by atoms with E-state index in [4.69, 9.17) is 0 Å². The average molecular weight is 268 g/mol. The smallest absolute Gasteiger partial charge is 0.305 e. The fourth-order valence-corrected chi connectivity index (χ4v) is 4.04. The Morgan fingerprint density at radius 2 is 1.89 bits per heavy atom. The van der Waals surface area contributed by atoms with Crippen LogP contribution in [0.2, 0.25) is 0 Å². The summed E-state index contributed by atoms with van der Waals surface area (Å²) in [5.41, 5.74) is -0.0976. The number of nitrogens with zero attached hydrogens (tertiary/aromatic N) is 2. The molecule has 2 rings (SSSR count). The van der Waals surface area contributed by atoms with E-state index in [1.165, 1.54) is 12.8 Å². The van der Waals surface area contributed by atoms with Crippen LogP contribution in [0.5, 0.6) is 0 Å². The van der Waals surface area contributed by atoms with Crippen LogP contribution in [-0.2, 0) is 4.79 Å². The van der Waals surface area contributed by atoms with Gasteiger partial charge in [0.2, 0.25) is 0 Å². The van der Waals surface area contributed by atoms with Crippen LogP contribution in [0.25, 0.3) is 0 Å². The van der Waals surface area contributed by atoms with Crippen molar-refractivity contribution in [2.24, 2.45) is 11.8 Å². The Morgan fingerprint density at radius 3 is 2.42 bits per heavy atom. The Bertz CT molecular complexity index is 326. The highest BCUT2D eigenvalue weighted by Gasteiger charge is 2.46. The molecule has 0 aromatic heterocycles. The number of likely N-dealkylation sites (N-methyl/N-ethyl adjacent to an activating group) is 1. The standard InChI is InChI=1S/C15H28N2O2/c1-12-4-5-15(11-14(18)19,13(2)10-12)17-8-6-16(3)7-9-17/h12-13H,4-11H2,1-3H3,(H,18,19). The van der Waals surface area contributed by atoms with Crippen LogP contribution in [0.4, 0.5) is 0 Å². The normalized spacial score (nSPS) is 38.3. The molecule has 0 aromatic carbocycles. The van der Waals surface area contributed by atoms with Crippen LogP contribution in [0.15, 0.2) is 0 Å². The highest BCUT2D eigenvalue weighted by atomic mass is 16.4. The third-order valence-corrected chi connectivity index (χ3v) is 5.33. The third kappa shape index (κ3) is 3.11. The number of aliphatic carboxylic acids is 1. The predicted octanol–water partition coefficient (Wildman–Crippen LogP) is 1.90. The van der Waals surface area contributed by atoms with E-state index in [1.54, 1.807) is 0 Å². The largest absolute Gasteiger partial charge is 0.481 e. The molecule has 1 saturated carbocycles. The molecule has 1 N–H and O–H groups in total. The summed E-state index contributed by atoms with van der Waals surface area (Å²) in [6.45, 7) is 8.71. The average Bonchev–Trinajstić information content (AvgIpc) is 2.33. The van der Waals surface area contributed by atoms with E-state index < -0.39 is 5.97 Å². The van der Waals surface area contributed by atoms with Gasteiger partial charge in [-0.3, -0.25) is 9.69 Å². The molecule has 1 saturated heterocycles. The van der Waals surface area contributed by atoms with E-state index in [9.17, 15) is 9.90 Å². The van der Waals surface area contributed by atoms with Gasteiger partial charge in [0.05, 0.1) is 6.42 Å². The predicted molar refractivity (Wildman–Crippen MR) is 76.2 cm³/mol. The summed E-state index contributed by atoms with van der Waals surface area (Å²) in [6, 6.07) is 0. The first-order chi connectivity index (χ1) is 8.94. The van der Waals surface area contributed by atoms with Crippen molar-refractivity contribution in [3.05, 3.63) is 0 Å². The minimum absolute atomic E-state index is 0.0976. The molecule has 0 radical (unpaired) electrons. The molecule has 3 atom stereocenters. The quantitative estimate of drug-likeness (QED) is 0.849. The fraction of sp³-hybridized carbons (Fsp3) is 0.933. The third-order valence-electron chi connectivity index (χ3n) is 5.33. The van der Waals surface area contributed by atoms with E-state index in [0.29, 0.717) is 12.3 Å². The Hall–Kier alpha value is -0.610. The Labute approximate surface area is 116 Å². The second-order valence-corrected chi connectivity index (χ2v) is 6.75. The number of piperazine rings is 1. The van der Waals surface area contributed by atoms with Gasteiger partial charge in [-0.1, -0.05) is 13.8 Å². The molecule has 2 aliphatic rings. The second kappa shape index (κ2) is 5.80. The molecular formula is C15H28N2O2. The summed E-state index contributed by atoms with van der Waals surface area (Å²) in [7, 11) is 2.15. The zero-order chi connectivity index (χ0) is 14.0. The summed E-state index contributed by atoms with van der Waals surface area (Å²) in [5, 5.41) is 9.36. The van der Waals surface area contributed by atoms with Crippen molar-refractivity contribution in [1.29, 1.82) is 0 Å². The molecule has 4 nitrogen and oxygen atoms in total. The summed E-state index contributed by atoms with van der Waals surface area (Å²) in [5.74, 6) is 0.584. The Morgan fingerprint density at radius 1 is 1.26 bits per heavy atom. The van der Waals surface area contributed by atoms with Gasteiger partial charge >= 0.3 is 5.97 Å². The van der Waals surface area contributed by atoms with E-state index >= 15 is 0 Å². The van der Waals surface area contributed by atoms with Crippen molar-refractivity contribution >= 4 is 5.97 Å². The van der Waals surface area contributed by atoms with Gasteiger partial charge in [0, 0.05) is 31.7 Å². The van der Waals surface area contributed by atoms with Crippen molar-refractivity contribution in [3.63, 3.8) is 0 Å². The number of carbonyl (C=O) groups is 1. The minimum Gasteiger partial charge on any atom is -0.481 e. The maximum Gasteiger partial charge on any atom is 0.305 e. The lowest BCUT2D eigenvalue weighted by Crippen LogP contribution is -2.61. The lowest BCUT2D eigenvalue weighted by molar-refractivity contribution is -0.144. The molecular weight excluding hydrogens is 240 g/mol. The highest BCUT2D eigenvalue weighted by molar-refractivity contribution is 5.68. The molecule has 0 aromatic rings. The van der Waals surface area contributed by atoms with Crippen LogP contribution < -0.4 is 0 Å². The maximum absolute atomic E-state index is 11.4. The molecule has 1 aliphatic carbocycles. The molecule has 0 bridgehead atoms. The Balaban J connectivity index is 2.16. The van der Waals surface area contributed by atoms with Crippen LogP contribution in [0.1, 0.15) is 39.5 Å². The minimum atomic E-state index is -0.639. The van der Waals surface area contributed by atoms with Crippen LogP contribution >= 0.6 is 0 Å². The van der Waals surface area contributed by atoms with E-state index in [0.717, 1.165) is 38.5 Å². The van der Waals surface area contributed by atoms with E-state index in [2.05, 4.69) is 30.7 Å². The summed E-state index contributed by atoms with van der Waals surface area (Å²) in [6.07, 6.45) is 3.69. The van der Waals surface area contributed by atoms with Crippen molar-refractivity contribution in [3.8, 4) is 0 Å². The molecule has 1 heterocycles. The maximum atomic E-state index is 11.4. The fourth-order valence-electron chi connectivity index (χ4n) is 4.04. The zero-order valence-corrected chi connectivity index (χ0v) is 12.6. The first-order valence-electron chi connectivity index (χ1n) is 7.59. The zero-order valence-electron chi connectivity index (χ0n) is 12.6. The van der Waals surface area contributed by atoms with Crippen molar-refractivity contribution < 1.29 is 9.90 Å². The number of carboxylic acid groups (broad SMARTS) is 1. The second-order valence-electron chi connectivity index (χ2n) is 6.75. The number of hydrogen-bond acceptors (Lipinski definition) is 3. The molecule has 4 heteroatoms.